The summed E-state index contributed by atoms with van der Waals surface area (Å²) >= 11 is 0. The molecule has 1 N–H and O–H groups in total. The number of carboxylic acid groups (broad SMARTS) is 1. The number of nitro benzene ring substituents is 1. The number of aromatic carboxylic acids is 1. The molecule has 0 saturated heterocycles. The minimum Gasteiger partial charge on any atom is -0.493 e. The van der Waals surface area contributed by atoms with Crippen molar-refractivity contribution in [2.24, 2.45) is 0 Å². The van der Waals surface area contributed by atoms with Crippen molar-refractivity contribution < 1.29 is 24.3 Å². The van der Waals surface area contributed by atoms with E-state index in [0.29, 0.717) is 0 Å². The van der Waals surface area contributed by atoms with Crippen molar-refractivity contribution in [1.29, 1.82) is 0 Å². The molecular weight excluding hydrogens is 280 g/mol. The van der Waals surface area contributed by atoms with Crippen LogP contribution >= 0.6 is 0 Å². The van der Waals surface area contributed by atoms with Gasteiger partial charge in [0.05, 0.1) is 18.1 Å². The zero-order valence-corrected chi connectivity index (χ0v) is 10.8. The number of carboxylic acids is 1. The molecule has 0 bridgehead atoms. The Labute approximate surface area is 118 Å². The highest BCUT2D eigenvalue weighted by molar-refractivity contribution is 5.88. The molecule has 0 aliphatic rings. The van der Waals surface area contributed by atoms with Gasteiger partial charge in [-0.1, -0.05) is 0 Å². The smallest absolute Gasteiger partial charge is 0.358 e. The summed E-state index contributed by atoms with van der Waals surface area (Å²) < 4.78 is 10.4. The van der Waals surface area contributed by atoms with Crippen LogP contribution in [0.4, 0.5) is 5.69 Å². The fraction of sp³-hybridized carbons (Fsp3) is 0.0769. The van der Waals surface area contributed by atoms with Crippen LogP contribution in [0.25, 0.3) is 0 Å². The van der Waals surface area contributed by atoms with E-state index in [0.717, 1.165) is 0 Å². The zero-order valence-electron chi connectivity index (χ0n) is 10.8. The molecule has 0 radical (unpaired) electrons. The van der Waals surface area contributed by atoms with Gasteiger partial charge in [-0.15, -0.1) is 0 Å². The first kappa shape index (κ1) is 14.3. The number of hydrogen-bond donors (Lipinski definition) is 1. The second-order valence-corrected chi connectivity index (χ2v) is 3.85. The predicted octanol–water partition coefficient (Wildman–Crippen LogP) is 2.49. The fourth-order valence-electron chi connectivity index (χ4n) is 1.61. The van der Waals surface area contributed by atoms with Crippen molar-refractivity contribution in [3.63, 3.8) is 0 Å². The number of carbonyl (C=O) groups is 1. The molecule has 0 aliphatic carbocycles. The van der Waals surface area contributed by atoms with E-state index in [-0.39, 0.29) is 28.6 Å². The van der Waals surface area contributed by atoms with Crippen molar-refractivity contribution >= 4 is 11.7 Å². The maximum Gasteiger partial charge on any atom is 0.358 e. The van der Waals surface area contributed by atoms with E-state index in [1.165, 1.54) is 43.6 Å². The van der Waals surface area contributed by atoms with Gasteiger partial charge in [-0.2, -0.15) is 0 Å². The first-order valence-corrected chi connectivity index (χ1v) is 5.71. The normalized spacial score (nSPS) is 9.95. The fourth-order valence-corrected chi connectivity index (χ4v) is 1.61. The van der Waals surface area contributed by atoms with E-state index >= 15 is 0 Å². The number of nitro groups is 1. The average molecular weight is 290 g/mol. The standard InChI is InChI=1S/C13H10N2O6/c1-20-11-7-8(15(18)19)4-5-9(11)21-10-3-2-6-14-12(10)13(16)17/h2-7H,1H3,(H,16,17). The number of benzene rings is 1. The Bertz CT molecular complexity index is 701. The summed E-state index contributed by atoms with van der Waals surface area (Å²) in [6.07, 6.45) is 1.32. The van der Waals surface area contributed by atoms with Crippen molar-refractivity contribution in [1.82, 2.24) is 4.98 Å². The lowest BCUT2D eigenvalue weighted by atomic mass is 10.2. The van der Waals surface area contributed by atoms with Gasteiger partial charge in [-0.25, -0.2) is 9.78 Å². The highest BCUT2D eigenvalue weighted by atomic mass is 16.6. The summed E-state index contributed by atoms with van der Waals surface area (Å²) in [5.74, 6) is -0.966. The van der Waals surface area contributed by atoms with Crippen LogP contribution < -0.4 is 9.47 Å². The number of pyridine rings is 1. The average Bonchev–Trinajstić information content (AvgIpc) is 2.47. The third kappa shape index (κ3) is 3.06. The molecule has 1 aromatic carbocycles. The number of nitrogens with zero attached hydrogens (tertiary/aromatic N) is 2. The summed E-state index contributed by atoms with van der Waals surface area (Å²) in [7, 11) is 1.33. The highest BCUT2D eigenvalue weighted by Crippen LogP contribution is 2.35. The Morgan fingerprint density at radius 3 is 2.67 bits per heavy atom. The molecule has 2 aromatic rings. The molecule has 0 unspecified atom stereocenters. The van der Waals surface area contributed by atoms with Crippen LogP contribution in [0.15, 0.2) is 36.5 Å². The third-order valence-corrected chi connectivity index (χ3v) is 2.55. The molecular formula is C13H10N2O6. The maximum absolute atomic E-state index is 11.0. The van der Waals surface area contributed by atoms with Crippen LogP contribution in [0.2, 0.25) is 0 Å². The molecule has 0 amide bonds. The molecule has 0 aliphatic heterocycles. The molecule has 0 saturated carbocycles. The highest BCUT2D eigenvalue weighted by Gasteiger charge is 2.17. The summed E-state index contributed by atoms with van der Waals surface area (Å²) in [6.45, 7) is 0. The number of methoxy groups -OCH3 is 1. The van der Waals surface area contributed by atoms with Gasteiger partial charge in [-0.05, 0) is 18.2 Å². The van der Waals surface area contributed by atoms with E-state index in [9.17, 15) is 14.9 Å². The molecule has 8 nitrogen and oxygen atoms in total. The lowest BCUT2D eigenvalue weighted by Crippen LogP contribution is -2.03. The monoisotopic (exact) mass is 290 g/mol. The first-order chi connectivity index (χ1) is 10.0. The Hall–Kier alpha value is -3.16. The number of rotatable bonds is 5. The summed E-state index contributed by atoms with van der Waals surface area (Å²) in [4.78, 5) is 24.9. The lowest BCUT2D eigenvalue weighted by molar-refractivity contribution is -0.384. The molecule has 8 heteroatoms. The molecule has 0 fully saturated rings. The van der Waals surface area contributed by atoms with Crippen LogP contribution in [0.3, 0.4) is 0 Å². The van der Waals surface area contributed by atoms with Crippen LogP contribution in [0, 0.1) is 10.1 Å². The molecule has 0 atom stereocenters. The van der Waals surface area contributed by atoms with Crippen LogP contribution in [0.1, 0.15) is 10.5 Å². The van der Waals surface area contributed by atoms with Crippen molar-refractivity contribution in [3.8, 4) is 17.2 Å². The van der Waals surface area contributed by atoms with E-state index in [1.54, 1.807) is 0 Å². The van der Waals surface area contributed by atoms with Gasteiger partial charge < -0.3 is 14.6 Å². The van der Waals surface area contributed by atoms with Crippen molar-refractivity contribution in [3.05, 3.63) is 52.3 Å². The Kier molecular flexibility index (Phi) is 3.98. The second kappa shape index (κ2) is 5.87. The minimum absolute atomic E-state index is 0.0113. The predicted molar refractivity (Wildman–Crippen MR) is 70.9 cm³/mol. The number of hydrogen-bond acceptors (Lipinski definition) is 6. The molecule has 2 rings (SSSR count). The Morgan fingerprint density at radius 1 is 1.29 bits per heavy atom. The SMILES string of the molecule is COc1cc([N+](=O)[O-])ccc1Oc1cccnc1C(=O)O. The van der Waals surface area contributed by atoms with Gasteiger partial charge in [0, 0.05) is 12.3 Å². The lowest BCUT2D eigenvalue weighted by Gasteiger charge is -2.11. The molecule has 1 aromatic heterocycles. The second-order valence-electron chi connectivity index (χ2n) is 3.85. The van der Waals surface area contributed by atoms with Gasteiger partial charge in [-0.3, -0.25) is 10.1 Å². The van der Waals surface area contributed by atoms with Gasteiger partial charge in [0.25, 0.3) is 5.69 Å². The summed E-state index contributed by atoms with van der Waals surface area (Å²) in [6, 6.07) is 6.69. The van der Waals surface area contributed by atoms with Gasteiger partial charge in [0.1, 0.15) is 0 Å². The van der Waals surface area contributed by atoms with Crippen molar-refractivity contribution in [2.75, 3.05) is 7.11 Å². The van der Waals surface area contributed by atoms with Gasteiger partial charge in [0.2, 0.25) is 0 Å². The summed E-state index contributed by atoms with van der Waals surface area (Å²) in [5.41, 5.74) is -0.429. The maximum atomic E-state index is 11.0. The minimum atomic E-state index is -1.24. The van der Waals surface area contributed by atoms with Crippen LogP contribution in [0.5, 0.6) is 17.2 Å². The largest absolute Gasteiger partial charge is 0.493 e. The van der Waals surface area contributed by atoms with Crippen molar-refractivity contribution in [2.45, 2.75) is 0 Å². The molecule has 1 heterocycles. The topological polar surface area (TPSA) is 112 Å². The third-order valence-electron chi connectivity index (χ3n) is 2.55. The van der Waals surface area contributed by atoms with E-state index in [4.69, 9.17) is 14.6 Å². The molecule has 0 spiro atoms. The quantitative estimate of drug-likeness (QED) is 0.664. The van der Waals surface area contributed by atoms with E-state index in [2.05, 4.69) is 4.98 Å². The van der Waals surface area contributed by atoms with E-state index < -0.39 is 10.9 Å². The first-order valence-electron chi connectivity index (χ1n) is 5.71. The summed E-state index contributed by atoms with van der Waals surface area (Å²) in [5, 5.41) is 19.7. The van der Waals surface area contributed by atoms with Crippen LogP contribution in [-0.2, 0) is 0 Å². The van der Waals surface area contributed by atoms with E-state index in [1.807, 2.05) is 0 Å². The number of aromatic nitrogens is 1. The Balaban J connectivity index is 2.40. The van der Waals surface area contributed by atoms with Gasteiger partial charge in [0.15, 0.2) is 22.9 Å². The number of ether oxygens (including phenoxy) is 2. The zero-order chi connectivity index (χ0) is 15.4. The van der Waals surface area contributed by atoms with Crippen LogP contribution in [-0.4, -0.2) is 28.1 Å². The number of non-ortho nitro benzene ring substituents is 1. The molecule has 108 valence electrons. The van der Waals surface area contributed by atoms with Gasteiger partial charge >= 0.3 is 5.97 Å². The molecule has 21 heavy (non-hydrogen) atoms. The Morgan fingerprint density at radius 2 is 2.05 bits per heavy atom.